The van der Waals surface area contributed by atoms with Gasteiger partial charge in [0.05, 0.1) is 45.2 Å². The molecule has 0 fully saturated rings. The van der Waals surface area contributed by atoms with Crippen LogP contribution in [-0.4, -0.2) is 29.9 Å². The molecule has 8 heteroatoms. The third-order valence-electron chi connectivity index (χ3n) is 23.0. The Kier molecular flexibility index (Phi) is 17.8. The number of aromatic nitrogens is 6. The van der Waals surface area contributed by atoms with Crippen LogP contribution in [0, 0.1) is 0 Å². The van der Waals surface area contributed by atoms with Crippen LogP contribution in [0.4, 0.5) is 0 Å². The summed E-state index contributed by atoms with van der Waals surface area (Å²) in [6, 6.07) is 148. The summed E-state index contributed by atoms with van der Waals surface area (Å²) in [5, 5.41) is 11.1. The van der Waals surface area contributed by atoms with Gasteiger partial charge in [-0.05, 0) is 105 Å². The van der Waals surface area contributed by atoms with Crippen molar-refractivity contribution in [2.75, 3.05) is 0 Å². The van der Waals surface area contributed by atoms with Gasteiger partial charge in [-0.1, -0.05) is 364 Å². The van der Waals surface area contributed by atoms with Crippen LogP contribution in [0.1, 0.15) is 0 Å². The molecule has 23 rings (SSSR count). The summed E-state index contributed by atoms with van der Waals surface area (Å²) in [5.41, 5.74) is 30.2. The highest BCUT2D eigenvalue weighted by molar-refractivity contribution is 6.29. The summed E-state index contributed by atoms with van der Waals surface area (Å²) in [7, 11) is 0. The molecular weight excluding hydrogens is 1460 g/mol. The standard InChI is InChI=1S/C59H37N3O.C53H33N3O/c1-4-15-38(16-5-1)39-27-31-41(32-28-39)51-37-52(62-59(61-51)44-19-8-3-9-20-44)46-22-14-21-45(35-46)40-29-33-43(34-30-40)58-49-36-54-57(48-24-11-13-26-53(48)63-54)55(42-17-6-2-7-18-42)56(49)47-23-10-12-25-50(47)60-58;1-4-15-35(16-5-1)45-33-46(56-53(55-45)38-19-8-3-9-20-38)40-22-14-21-39(31-40)34-27-29-37(30-28-34)52-43-32-48-51(42-24-11-13-26-47(42)57-48)49(36-17-6-2-7-18-36)50(43)41-23-10-12-25-44(41)54-52/h1-37H;1-33H. The zero-order chi connectivity index (χ0) is 79.4. The van der Waals surface area contributed by atoms with Gasteiger partial charge >= 0.3 is 0 Å². The van der Waals surface area contributed by atoms with Crippen molar-refractivity contribution in [1.29, 1.82) is 0 Å². The average molecular weight is 1530 g/mol. The SMILES string of the molecule is c1ccc(-c2cc(-c3cccc(-c4ccc(-c5nc6ccccc6c6c(-c7ccccc7)c7c(cc56)oc5ccccc57)cc4)c3)nc(-c3ccccc3)n2)cc1.c1ccc(-c2ccc(-c3cc(-c4cccc(-c5ccc(-c6nc7ccccc7c7c(-c8ccccc8)c8c(cc67)oc6ccccc68)cc5)c4)nc(-c4ccccc4)n3)cc2)cc1. The van der Waals surface area contributed by atoms with Gasteiger partial charge in [0.15, 0.2) is 11.6 Å². The summed E-state index contributed by atoms with van der Waals surface area (Å²) in [6.07, 6.45) is 0. The predicted octanol–water partition coefficient (Wildman–Crippen LogP) is 29.8. The van der Waals surface area contributed by atoms with Crippen molar-refractivity contribution in [2.24, 2.45) is 0 Å². The summed E-state index contributed by atoms with van der Waals surface area (Å²) in [4.78, 5) is 31.0. The largest absolute Gasteiger partial charge is 0.456 e. The molecule has 0 spiro atoms. The van der Waals surface area contributed by atoms with Crippen LogP contribution < -0.4 is 0 Å². The molecule has 0 aliphatic rings. The minimum atomic E-state index is 0.690. The molecular formula is C112H70N6O2. The highest BCUT2D eigenvalue weighted by atomic mass is 16.3. The van der Waals surface area contributed by atoms with Crippen molar-refractivity contribution in [3.8, 4) is 146 Å². The molecule has 0 aliphatic heterocycles. The molecule has 17 aromatic carbocycles. The number of rotatable bonds is 13. The first kappa shape index (κ1) is 70.5. The van der Waals surface area contributed by atoms with E-state index in [1.54, 1.807) is 0 Å². The first-order chi connectivity index (χ1) is 59.5. The second kappa shape index (κ2) is 30.2. The lowest BCUT2D eigenvalue weighted by atomic mass is 9.89. The summed E-state index contributed by atoms with van der Waals surface area (Å²) < 4.78 is 13.2. The molecule has 0 aliphatic carbocycles. The van der Waals surface area contributed by atoms with E-state index >= 15 is 0 Å². The number of para-hydroxylation sites is 4. The summed E-state index contributed by atoms with van der Waals surface area (Å²) in [5.74, 6) is 1.39. The Morgan fingerprint density at radius 3 is 0.825 bits per heavy atom. The molecule has 0 saturated heterocycles. The van der Waals surface area contributed by atoms with E-state index in [1.165, 1.54) is 21.9 Å². The van der Waals surface area contributed by atoms with Crippen molar-refractivity contribution in [3.63, 3.8) is 0 Å². The summed E-state index contributed by atoms with van der Waals surface area (Å²) in [6.45, 7) is 0. The van der Waals surface area contributed by atoms with Gasteiger partial charge in [0, 0.05) is 109 Å². The Balaban J connectivity index is 0.000000145. The number of pyridine rings is 2. The second-order valence-corrected chi connectivity index (χ2v) is 30.3. The van der Waals surface area contributed by atoms with Gasteiger partial charge in [-0.3, -0.25) is 0 Å². The first-order valence-corrected chi connectivity index (χ1v) is 40.4. The topological polar surface area (TPSA) is 104 Å². The summed E-state index contributed by atoms with van der Waals surface area (Å²) >= 11 is 0. The van der Waals surface area contributed by atoms with E-state index < -0.39 is 0 Å². The van der Waals surface area contributed by atoms with Crippen molar-refractivity contribution in [1.82, 2.24) is 29.9 Å². The van der Waals surface area contributed by atoms with E-state index in [2.05, 4.69) is 352 Å². The Morgan fingerprint density at radius 2 is 0.425 bits per heavy atom. The second-order valence-electron chi connectivity index (χ2n) is 30.3. The molecule has 6 heterocycles. The van der Waals surface area contributed by atoms with Crippen molar-refractivity contribution in [2.45, 2.75) is 0 Å². The number of nitrogens with zero attached hydrogens (tertiary/aromatic N) is 6. The van der Waals surface area contributed by atoms with E-state index in [9.17, 15) is 0 Å². The van der Waals surface area contributed by atoms with Crippen LogP contribution in [0.2, 0.25) is 0 Å². The molecule has 0 bridgehead atoms. The van der Waals surface area contributed by atoms with Gasteiger partial charge < -0.3 is 8.83 Å². The smallest absolute Gasteiger partial charge is 0.160 e. The fourth-order valence-corrected chi connectivity index (χ4v) is 17.2. The van der Waals surface area contributed by atoms with Gasteiger partial charge in [0.2, 0.25) is 0 Å². The van der Waals surface area contributed by atoms with Crippen LogP contribution >= 0.6 is 0 Å². The monoisotopic (exact) mass is 1530 g/mol. The van der Waals surface area contributed by atoms with Gasteiger partial charge in [-0.25, -0.2) is 29.9 Å². The van der Waals surface area contributed by atoms with Gasteiger partial charge in [-0.15, -0.1) is 0 Å². The number of hydrogen-bond acceptors (Lipinski definition) is 8. The lowest BCUT2D eigenvalue weighted by Crippen LogP contribution is -1.96. The number of benzene rings is 17. The van der Waals surface area contributed by atoms with Crippen molar-refractivity contribution >= 4 is 87.2 Å². The minimum Gasteiger partial charge on any atom is -0.456 e. The molecule has 0 atom stereocenters. The Morgan fingerprint density at radius 1 is 0.150 bits per heavy atom. The van der Waals surface area contributed by atoms with Crippen molar-refractivity contribution in [3.05, 3.63) is 425 Å². The van der Waals surface area contributed by atoms with E-state index in [0.717, 1.165) is 200 Å². The average Bonchev–Trinajstić information content (AvgIpc) is 1.47. The molecule has 560 valence electrons. The Labute approximate surface area is 692 Å². The Hall–Kier alpha value is -16.2. The normalized spacial score (nSPS) is 11.5. The fraction of sp³-hybridized carbons (Fsp3) is 0. The molecule has 23 aromatic rings. The third-order valence-corrected chi connectivity index (χ3v) is 23.0. The van der Waals surface area contributed by atoms with Gasteiger partial charge in [0.1, 0.15) is 22.3 Å². The lowest BCUT2D eigenvalue weighted by Gasteiger charge is -2.16. The molecule has 6 aromatic heterocycles. The van der Waals surface area contributed by atoms with E-state index in [1.807, 2.05) is 72.8 Å². The molecule has 0 unspecified atom stereocenters. The maximum absolute atomic E-state index is 6.60. The zero-order valence-corrected chi connectivity index (χ0v) is 64.9. The quantitative estimate of drug-likeness (QED) is 0.105. The predicted molar refractivity (Wildman–Crippen MR) is 495 cm³/mol. The lowest BCUT2D eigenvalue weighted by molar-refractivity contribution is 0.669. The molecule has 0 radical (unpaired) electrons. The first-order valence-electron chi connectivity index (χ1n) is 40.4. The fourth-order valence-electron chi connectivity index (χ4n) is 17.2. The van der Waals surface area contributed by atoms with E-state index in [4.69, 9.17) is 38.7 Å². The molecule has 0 saturated carbocycles. The molecule has 0 amide bonds. The van der Waals surface area contributed by atoms with Crippen LogP contribution in [0.3, 0.4) is 0 Å². The number of hydrogen-bond donors (Lipinski definition) is 0. The van der Waals surface area contributed by atoms with E-state index in [-0.39, 0.29) is 0 Å². The zero-order valence-electron chi connectivity index (χ0n) is 64.9. The van der Waals surface area contributed by atoms with Crippen LogP contribution in [0.25, 0.3) is 233 Å². The Bertz CT molecular complexity index is 7780. The van der Waals surface area contributed by atoms with Gasteiger partial charge in [0.25, 0.3) is 0 Å². The van der Waals surface area contributed by atoms with Gasteiger partial charge in [-0.2, -0.15) is 0 Å². The third kappa shape index (κ3) is 13.0. The molecule has 8 nitrogen and oxygen atoms in total. The minimum absolute atomic E-state index is 0.690. The highest BCUT2D eigenvalue weighted by Crippen LogP contribution is 2.49. The maximum Gasteiger partial charge on any atom is 0.160 e. The molecule has 120 heavy (non-hydrogen) atoms. The van der Waals surface area contributed by atoms with Crippen LogP contribution in [-0.2, 0) is 0 Å². The maximum atomic E-state index is 6.60. The molecule has 0 N–H and O–H groups in total. The van der Waals surface area contributed by atoms with Crippen LogP contribution in [0.5, 0.6) is 0 Å². The highest BCUT2D eigenvalue weighted by Gasteiger charge is 2.25. The van der Waals surface area contributed by atoms with Crippen LogP contribution in [0.15, 0.2) is 433 Å². The number of fused-ring (bicyclic) bond motifs is 12. The van der Waals surface area contributed by atoms with E-state index in [0.29, 0.717) is 11.6 Å². The number of furan rings is 2. The van der Waals surface area contributed by atoms with Crippen molar-refractivity contribution < 1.29 is 8.83 Å².